The van der Waals surface area contributed by atoms with E-state index in [-0.39, 0.29) is 5.41 Å². The molecule has 1 aliphatic rings. The van der Waals surface area contributed by atoms with Gasteiger partial charge >= 0.3 is 0 Å². The van der Waals surface area contributed by atoms with Gasteiger partial charge in [0.1, 0.15) is 5.75 Å². The van der Waals surface area contributed by atoms with Crippen LogP contribution < -0.4 is 4.74 Å². The zero-order valence-electron chi connectivity index (χ0n) is 21.7. The third kappa shape index (κ3) is 7.90. The van der Waals surface area contributed by atoms with E-state index in [1.165, 1.54) is 68.1 Å². The third-order valence-corrected chi connectivity index (χ3v) is 7.78. The zero-order chi connectivity index (χ0) is 24.1. The second kappa shape index (κ2) is 14.2. The van der Waals surface area contributed by atoms with Gasteiger partial charge in [0.15, 0.2) is 0 Å². The molecule has 0 aromatic heterocycles. The van der Waals surface area contributed by atoms with Gasteiger partial charge in [-0.3, -0.25) is 0 Å². The van der Waals surface area contributed by atoms with Gasteiger partial charge in [-0.1, -0.05) is 102 Å². The number of benzene rings is 2. The summed E-state index contributed by atoms with van der Waals surface area (Å²) in [6.07, 6.45) is 16.9. The average Bonchev–Trinajstić information content (AvgIpc) is 2.89. The summed E-state index contributed by atoms with van der Waals surface area (Å²) in [5.41, 5.74) is 3.86. The molecule has 1 saturated carbocycles. The van der Waals surface area contributed by atoms with Crippen molar-refractivity contribution in [3.8, 4) is 22.9 Å². The number of nitrogens with zero attached hydrogens (tertiary/aromatic N) is 1. The van der Waals surface area contributed by atoms with Gasteiger partial charge in [-0.05, 0) is 73.3 Å². The summed E-state index contributed by atoms with van der Waals surface area (Å²) in [7, 11) is 0. The van der Waals surface area contributed by atoms with E-state index >= 15 is 0 Å². The van der Waals surface area contributed by atoms with Crippen LogP contribution >= 0.6 is 0 Å². The largest absolute Gasteiger partial charge is 0.494 e. The first-order valence-electron chi connectivity index (χ1n) is 13.9. The average molecular weight is 460 g/mol. The van der Waals surface area contributed by atoms with Gasteiger partial charge in [0.05, 0.1) is 18.1 Å². The molecule has 2 aromatic carbocycles. The van der Waals surface area contributed by atoms with Gasteiger partial charge in [-0.25, -0.2) is 0 Å². The summed E-state index contributed by atoms with van der Waals surface area (Å²) in [6.45, 7) is 5.28. The van der Waals surface area contributed by atoms with Crippen LogP contribution in [-0.4, -0.2) is 6.61 Å². The normalized spacial score (nSPS) is 20.1. The highest BCUT2D eigenvalue weighted by atomic mass is 16.5. The molecule has 0 aliphatic heterocycles. The number of unbranched alkanes of at least 4 members (excludes halogenated alkanes) is 7. The van der Waals surface area contributed by atoms with Gasteiger partial charge in [-0.15, -0.1) is 0 Å². The maximum absolute atomic E-state index is 9.93. The van der Waals surface area contributed by atoms with Gasteiger partial charge in [0, 0.05) is 0 Å². The number of hydrogen-bond acceptors (Lipinski definition) is 2. The molecule has 0 spiro atoms. The van der Waals surface area contributed by atoms with Gasteiger partial charge < -0.3 is 4.74 Å². The predicted octanol–water partition coefficient (Wildman–Crippen LogP) is 9.84. The minimum absolute atomic E-state index is 0.0679. The lowest BCUT2D eigenvalue weighted by molar-refractivity contribution is 0.223. The standard InChI is InChI=1S/C32H45NO/c1-3-5-7-8-9-10-22-32(26-33)23-20-30(21-24-32)28-14-12-27(13-15-28)29-16-18-31(19-17-29)34-25-11-6-4-2/h12-19,30H,3-11,20-25H2,1-2H3. The molecule has 2 nitrogen and oxygen atoms in total. The molecular weight excluding hydrogens is 414 g/mol. The second-order valence-corrected chi connectivity index (χ2v) is 10.4. The molecule has 0 radical (unpaired) electrons. The van der Waals surface area contributed by atoms with Crippen molar-refractivity contribution >= 4 is 0 Å². The van der Waals surface area contributed by atoms with Crippen molar-refractivity contribution in [2.24, 2.45) is 5.41 Å². The molecule has 2 heteroatoms. The van der Waals surface area contributed by atoms with Crippen LogP contribution in [-0.2, 0) is 0 Å². The fourth-order valence-electron chi connectivity index (χ4n) is 5.40. The molecular formula is C32H45NO. The lowest BCUT2D eigenvalue weighted by Gasteiger charge is -2.35. The van der Waals surface area contributed by atoms with E-state index in [9.17, 15) is 5.26 Å². The first kappa shape index (κ1) is 26.3. The van der Waals surface area contributed by atoms with Crippen LogP contribution in [0.1, 0.15) is 115 Å². The van der Waals surface area contributed by atoms with E-state index in [4.69, 9.17) is 4.74 Å². The summed E-state index contributed by atoms with van der Waals surface area (Å²) in [5, 5.41) is 9.93. The van der Waals surface area contributed by atoms with E-state index in [0.717, 1.165) is 50.9 Å². The number of hydrogen-bond donors (Lipinski definition) is 0. The van der Waals surface area contributed by atoms with E-state index in [2.05, 4.69) is 68.4 Å². The topological polar surface area (TPSA) is 33.0 Å². The Morgan fingerprint density at radius 1 is 0.765 bits per heavy atom. The van der Waals surface area contributed by atoms with Crippen LogP contribution in [0.2, 0.25) is 0 Å². The quantitative estimate of drug-likeness (QED) is 0.263. The predicted molar refractivity (Wildman–Crippen MR) is 144 cm³/mol. The Balaban J connectivity index is 1.47. The minimum Gasteiger partial charge on any atom is -0.494 e. The SMILES string of the molecule is CCCCCCCCC1(C#N)CCC(c2ccc(-c3ccc(OCCCCC)cc3)cc2)CC1. The highest BCUT2D eigenvalue weighted by molar-refractivity contribution is 5.64. The smallest absolute Gasteiger partial charge is 0.119 e. The van der Waals surface area contributed by atoms with E-state index < -0.39 is 0 Å². The molecule has 0 bridgehead atoms. The van der Waals surface area contributed by atoms with Crippen LogP contribution in [0.25, 0.3) is 11.1 Å². The molecule has 0 N–H and O–H groups in total. The first-order valence-corrected chi connectivity index (χ1v) is 13.9. The molecule has 1 fully saturated rings. The van der Waals surface area contributed by atoms with Crippen LogP contribution in [0.3, 0.4) is 0 Å². The van der Waals surface area contributed by atoms with Crippen molar-refractivity contribution in [2.75, 3.05) is 6.61 Å². The molecule has 0 atom stereocenters. The maximum Gasteiger partial charge on any atom is 0.119 e. The summed E-state index contributed by atoms with van der Waals surface area (Å²) in [6, 6.07) is 20.4. The molecule has 0 unspecified atom stereocenters. The first-order chi connectivity index (χ1) is 16.7. The Morgan fingerprint density at radius 3 is 1.94 bits per heavy atom. The Kier molecular flexibility index (Phi) is 11.0. The molecule has 34 heavy (non-hydrogen) atoms. The Morgan fingerprint density at radius 2 is 1.32 bits per heavy atom. The summed E-state index contributed by atoms with van der Waals surface area (Å²) >= 11 is 0. The minimum atomic E-state index is -0.0679. The summed E-state index contributed by atoms with van der Waals surface area (Å²) in [5.74, 6) is 1.56. The van der Waals surface area contributed by atoms with Crippen molar-refractivity contribution in [3.05, 3.63) is 54.1 Å². The van der Waals surface area contributed by atoms with Crippen molar-refractivity contribution < 1.29 is 4.74 Å². The second-order valence-electron chi connectivity index (χ2n) is 10.4. The Hall–Kier alpha value is -2.27. The Bertz CT molecular complexity index is 853. The maximum atomic E-state index is 9.93. The third-order valence-electron chi connectivity index (χ3n) is 7.78. The van der Waals surface area contributed by atoms with Crippen LogP contribution in [0.15, 0.2) is 48.5 Å². The van der Waals surface area contributed by atoms with Crippen LogP contribution in [0.4, 0.5) is 0 Å². The lowest BCUT2D eigenvalue weighted by Crippen LogP contribution is -2.25. The molecule has 1 aliphatic carbocycles. The van der Waals surface area contributed by atoms with E-state index in [1.807, 2.05) is 0 Å². The molecule has 3 rings (SSSR count). The van der Waals surface area contributed by atoms with E-state index in [1.54, 1.807) is 0 Å². The number of ether oxygens (including phenoxy) is 1. The van der Waals surface area contributed by atoms with Crippen LogP contribution in [0, 0.1) is 16.7 Å². The van der Waals surface area contributed by atoms with Crippen molar-refractivity contribution in [3.63, 3.8) is 0 Å². The van der Waals surface area contributed by atoms with Gasteiger partial charge in [0.2, 0.25) is 0 Å². The van der Waals surface area contributed by atoms with Gasteiger partial charge in [-0.2, -0.15) is 5.26 Å². The molecule has 0 heterocycles. The fourth-order valence-corrected chi connectivity index (χ4v) is 5.40. The zero-order valence-corrected chi connectivity index (χ0v) is 21.7. The number of rotatable bonds is 14. The fraction of sp³-hybridized carbons (Fsp3) is 0.594. The molecule has 184 valence electrons. The van der Waals surface area contributed by atoms with Gasteiger partial charge in [0.25, 0.3) is 0 Å². The van der Waals surface area contributed by atoms with Crippen molar-refractivity contribution in [1.82, 2.24) is 0 Å². The monoisotopic (exact) mass is 459 g/mol. The summed E-state index contributed by atoms with van der Waals surface area (Å²) in [4.78, 5) is 0. The number of nitriles is 1. The molecule has 2 aromatic rings. The molecule has 0 amide bonds. The summed E-state index contributed by atoms with van der Waals surface area (Å²) < 4.78 is 5.85. The van der Waals surface area contributed by atoms with Crippen molar-refractivity contribution in [1.29, 1.82) is 5.26 Å². The Labute approximate surface area is 208 Å². The molecule has 0 saturated heterocycles. The van der Waals surface area contributed by atoms with Crippen LogP contribution in [0.5, 0.6) is 5.75 Å². The van der Waals surface area contributed by atoms with E-state index in [0.29, 0.717) is 5.92 Å². The highest BCUT2D eigenvalue weighted by Gasteiger charge is 2.35. The highest BCUT2D eigenvalue weighted by Crippen LogP contribution is 2.46. The van der Waals surface area contributed by atoms with Crippen molar-refractivity contribution in [2.45, 2.75) is 110 Å². The lowest BCUT2D eigenvalue weighted by atomic mass is 9.67.